The number of pyridine rings is 1. The number of anilines is 1. The summed E-state index contributed by atoms with van der Waals surface area (Å²) in [5.74, 6) is -0.996. The van der Waals surface area contributed by atoms with Gasteiger partial charge in [0.15, 0.2) is 12.4 Å². The topological polar surface area (TPSA) is 93.6 Å². The van der Waals surface area contributed by atoms with Crippen molar-refractivity contribution in [3.05, 3.63) is 77.5 Å². The number of ether oxygens (including phenoxy) is 1. The maximum Gasteiger partial charge on any atom is 0.331 e. The number of esters is 1. The van der Waals surface area contributed by atoms with E-state index in [1.165, 1.54) is 22.7 Å². The molecule has 0 unspecified atom stereocenters. The van der Waals surface area contributed by atoms with Crippen molar-refractivity contribution in [2.45, 2.75) is 12.8 Å². The quantitative estimate of drug-likeness (QED) is 0.325. The Balaban J connectivity index is 1.39. The third-order valence-electron chi connectivity index (χ3n) is 5.23. The molecule has 4 rings (SSSR count). The molecule has 0 bridgehead atoms. The van der Waals surface area contributed by atoms with E-state index in [1.807, 2.05) is 30.3 Å². The fourth-order valence-corrected chi connectivity index (χ4v) is 4.67. The normalized spacial score (nSPS) is 13.8. The molecule has 3 aromatic rings. The second-order valence-electron chi connectivity index (χ2n) is 7.58. The highest BCUT2D eigenvalue weighted by Gasteiger charge is 2.24. The van der Waals surface area contributed by atoms with Crippen LogP contribution in [0.25, 0.3) is 17.0 Å². The third kappa shape index (κ3) is 4.86. The van der Waals surface area contributed by atoms with Crippen LogP contribution in [0.5, 0.6) is 0 Å². The lowest BCUT2D eigenvalue weighted by molar-refractivity contribution is -0.136. The predicted octanol–water partition coefficient (Wildman–Crippen LogP) is 3.39. The van der Waals surface area contributed by atoms with Crippen LogP contribution in [-0.4, -0.2) is 44.6 Å². The van der Waals surface area contributed by atoms with Crippen LogP contribution in [0, 0.1) is 0 Å². The molecule has 0 fully saturated rings. The Labute approximate surface area is 186 Å². The van der Waals surface area contributed by atoms with Gasteiger partial charge in [-0.3, -0.25) is 9.10 Å². The molecule has 32 heavy (non-hydrogen) atoms. The smallest absolute Gasteiger partial charge is 0.331 e. The molecular weight excluding hydrogens is 428 g/mol. The minimum Gasteiger partial charge on any atom is -0.454 e. The van der Waals surface area contributed by atoms with Gasteiger partial charge in [-0.25, -0.2) is 18.2 Å². The van der Waals surface area contributed by atoms with E-state index in [-0.39, 0.29) is 5.78 Å². The number of hydrogen-bond acceptors (Lipinski definition) is 6. The van der Waals surface area contributed by atoms with Crippen LogP contribution in [0.4, 0.5) is 5.69 Å². The first-order valence-electron chi connectivity index (χ1n) is 10.2. The second-order valence-corrected chi connectivity index (χ2v) is 9.48. The van der Waals surface area contributed by atoms with E-state index in [1.54, 1.807) is 24.3 Å². The summed E-state index contributed by atoms with van der Waals surface area (Å²) in [7, 11) is -3.37. The number of para-hydroxylation sites is 1. The Hall–Kier alpha value is -3.52. The van der Waals surface area contributed by atoms with E-state index in [0.717, 1.165) is 16.5 Å². The van der Waals surface area contributed by atoms with Gasteiger partial charge in [0.1, 0.15) is 0 Å². The van der Waals surface area contributed by atoms with Gasteiger partial charge in [-0.2, -0.15) is 0 Å². The molecule has 0 amide bonds. The fourth-order valence-electron chi connectivity index (χ4n) is 3.68. The molecule has 164 valence electrons. The zero-order valence-electron chi connectivity index (χ0n) is 17.5. The fraction of sp³-hybridized carbons (Fsp3) is 0.208. The van der Waals surface area contributed by atoms with E-state index >= 15 is 0 Å². The van der Waals surface area contributed by atoms with E-state index in [9.17, 15) is 18.0 Å². The molecule has 2 aromatic carbocycles. The first kappa shape index (κ1) is 21.7. The number of sulfonamides is 1. The lowest BCUT2D eigenvalue weighted by Crippen LogP contribution is -2.34. The number of benzene rings is 2. The van der Waals surface area contributed by atoms with Crippen molar-refractivity contribution in [1.82, 2.24) is 4.98 Å². The molecule has 0 aliphatic carbocycles. The maximum absolute atomic E-state index is 12.5. The number of nitrogens with zero attached hydrogens (tertiary/aromatic N) is 2. The molecule has 0 atom stereocenters. The average Bonchev–Trinajstić information content (AvgIpc) is 2.79. The molecule has 0 saturated heterocycles. The molecule has 2 heterocycles. The Kier molecular flexibility index (Phi) is 6.05. The molecule has 0 radical (unpaired) electrons. The number of carbonyl (C=O) groups is 2. The summed E-state index contributed by atoms with van der Waals surface area (Å²) in [5.41, 5.74) is 3.20. The summed E-state index contributed by atoms with van der Waals surface area (Å²) in [5, 5.41) is 1.00. The highest BCUT2D eigenvalue weighted by molar-refractivity contribution is 7.92. The van der Waals surface area contributed by atoms with Crippen molar-refractivity contribution in [2.75, 3.05) is 23.7 Å². The maximum atomic E-state index is 12.5. The zero-order valence-corrected chi connectivity index (χ0v) is 18.3. The average molecular weight is 451 g/mol. The first-order valence-corrected chi connectivity index (χ1v) is 12.0. The number of rotatable bonds is 6. The zero-order chi connectivity index (χ0) is 22.7. The molecule has 1 aliphatic rings. The molecular formula is C24H22N2O5S. The molecule has 0 N–H and O–H groups in total. The van der Waals surface area contributed by atoms with Crippen LogP contribution in [-0.2, 0) is 26.0 Å². The third-order valence-corrected chi connectivity index (χ3v) is 6.41. The summed E-state index contributed by atoms with van der Waals surface area (Å²) in [6.45, 7) is 0.0258. The number of aryl methyl sites for hydroxylation is 1. The van der Waals surface area contributed by atoms with Crippen molar-refractivity contribution >= 4 is 44.4 Å². The molecule has 0 spiro atoms. The van der Waals surface area contributed by atoms with Crippen molar-refractivity contribution in [1.29, 1.82) is 0 Å². The first-order chi connectivity index (χ1) is 15.3. The summed E-state index contributed by atoms with van der Waals surface area (Å²) in [6.07, 6.45) is 5.31. The number of carbonyl (C=O) groups excluding carboxylic acids is 2. The van der Waals surface area contributed by atoms with E-state index in [2.05, 4.69) is 4.98 Å². The number of Topliss-reactive ketones (excluding diaryl/α,β-unsaturated/α-hetero) is 1. The van der Waals surface area contributed by atoms with E-state index < -0.39 is 22.6 Å². The van der Waals surface area contributed by atoms with Gasteiger partial charge < -0.3 is 4.74 Å². The van der Waals surface area contributed by atoms with Gasteiger partial charge >= 0.3 is 5.97 Å². The van der Waals surface area contributed by atoms with Crippen LogP contribution >= 0.6 is 0 Å². The van der Waals surface area contributed by atoms with Gasteiger partial charge in [-0.05, 0) is 54.8 Å². The Morgan fingerprint density at radius 3 is 2.75 bits per heavy atom. The second kappa shape index (κ2) is 8.92. The summed E-state index contributed by atoms with van der Waals surface area (Å²) < 4.78 is 30.4. The van der Waals surface area contributed by atoms with Gasteiger partial charge in [0.2, 0.25) is 10.0 Å². The van der Waals surface area contributed by atoms with Crippen molar-refractivity contribution in [3.8, 4) is 0 Å². The van der Waals surface area contributed by atoms with Crippen LogP contribution in [0.1, 0.15) is 28.0 Å². The van der Waals surface area contributed by atoms with Crippen LogP contribution in [0.2, 0.25) is 0 Å². The van der Waals surface area contributed by atoms with Gasteiger partial charge in [-0.1, -0.05) is 24.3 Å². The lowest BCUT2D eigenvalue weighted by Gasteiger charge is -2.29. The minimum absolute atomic E-state index is 0.352. The molecule has 7 nitrogen and oxygen atoms in total. The summed E-state index contributed by atoms with van der Waals surface area (Å²) >= 11 is 0. The van der Waals surface area contributed by atoms with Gasteiger partial charge in [0.25, 0.3) is 0 Å². The predicted molar refractivity (Wildman–Crippen MR) is 123 cm³/mol. The number of aromatic nitrogens is 1. The van der Waals surface area contributed by atoms with E-state index in [4.69, 9.17) is 4.74 Å². The molecule has 8 heteroatoms. The van der Waals surface area contributed by atoms with Crippen LogP contribution in [0.15, 0.2) is 60.7 Å². The molecule has 0 saturated carbocycles. The lowest BCUT2D eigenvalue weighted by atomic mass is 9.99. The monoisotopic (exact) mass is 450 g/mol. The highest BCUT2D eigenvalue weighted by atomic mass is 32.2. The van der Waals surface area contributed by atoms with E-state index in [0.29, 0.717) is 36.3 Å². The largest absolute Gasteiger partial charge is 0.454 e. The number of hydrogen-bond donors (Lipinski definition) is 0. The van der Waals surface area contributed by atoms with Crippen LogP contribution in [0.3, 0.4) is 0 Å². The van der Waals surface area contributed by atoms with Crippen molar-refractivity contribution < 1.29 is 22.7 Å². The molecule has 1 aliphatic heterocycles. The van der Waals surface area contributed by atoms with Crippen molar-refractivity contribution in [3.63, 3.8) is 0 Å². The SMILES string of the molecule is CS(=O)(=O)N1CCCc2cc(C(=O)COC(=O)/C=C/c3ccc4ccccc4n3)ccc21. The van der Waals surface area contributed by atoms with Gasteiger partial charge in [0.05, 0.1) is 23.2 Å². The van der Waals surface area contributed by atoms with Crippen molar-refractivity contribution in [2.24, 2.45) is 0 Å². The molecule has 1 aromatic heterocycles. The van der Waals surface area contributed by atoms with Gasteiger partial charge in [0, 0.05) is 23.6 Å². The Morgan fingerprint density at radius 2 is 1.94 bits per heavy atom. The standard InChI is InChI=1S/C24H22N2O5S/c1-32(29,30)26-14-4-6-18-15-19(9-12-22(18)26)23(27)16-31-24(28)13-11-20-10-8-17-5-2-3-7-21(17)25-20/h2-3,5,7-13,15H,4,6,14,16H2,1H3/b13-11+. The highest BCUT2D eigenvalue weighted by Crippen LogP contribution is 2.30. The van der Waals surface area contributed by atoms with Gasteiger partial charge in [-0.15, -0.1) is 0 Å². The number of ketones is 1. The van der Waals surface area contributed by atoms with Crippen LogP contribution < -0.4 is 4.31 Å². The summed E-state index contributed by atoms with van der Waals surface area (Å²) in [6, 6.07) is 16.2. The Morgan fingerprint density at radius 1 is 1.12 bits per heavy atom. The summed E-state index contributed by atoms with van der Waals surface area (Å²) in [4.78, 5) is 29.0. The number of fused-ring (bicyclic) bond motifs is 2. The minimum atomic E-state index is -3.37. The Bertz CT molecular complexity index is 1330.